The van der Waals surface area contributed by atoms with Gasteiger partial charge in [0.05, 0.1) is 28.5 Å². The van der Waals surface area contributed by atoms with Crippen LogP contribution in [0.4, 0.5) is 0 Å². The van der Waals surface area contributed by atoms with Crippen LogP contribution in [0.2, 0.25) is 0 Å². The van der Waals surface area contributed by atoms with E-state index in [1.807, 2.05) is 36.4 Å². The number of pyridine rings is 1. The van der Waals surface area contributed by atoms with Crippen LogP contribution in [0.5, 0.6) is 0 Å². The Morgan fingerprint density at radius 1 is 1.12 bits per heavy atom. The van der Waals surface area contributed by atoms with Gasteiger partial charge in [-0.05, 0) is 18.2 Å². The van der Waals surface area contributed by atoms with Gasteiger partial charge in [-0.2, -0.15) is 0 Å². The summed E-state index contributed by atoms with van der Waals surface area (Å²) >= 11 is 0. The summed E-state index contributed by atoms with van der Waals surface area (Å²) in [6, 6.07) is 10.6. The second-order valence-electron chi connectivity index (χ2n) is 6.24. The molecule has 2 unspecified atom stereocenters. The molecule has 0 spiro atoms. The Morgan fingerprint density at radius 3 is 2.73 bits per heavy atom. The summed E-state index contributed by atoms with van der Waals surface area (Å²) in [5.41, 5.74) is 2.00. The zero-order valence-corrected chi connectivity index (χ0v) is 14.0. The van der Waals surface area contributed by atoms with Crippen LogP contribution in [0.3, 0.4) is 0 Å². The van der Waals surface area contributed by atoms with Crippen LogP contribution in [0.1, 0.15) is 12.6 Å². The van der Waals surface area contributed by atoms with Crippen LogP contribution in [0.25, 0.3) is 10.9 Å². The van der Waals surface area contributed by atoms with Crippen LogP contribution in [0.15, 0.2) is 65.3 Å². The summed E-state index contributed by atoms with van der Waals surface area (Å²) in [7, 11) is 0. The molecule has 2 atom stereocenters. The van der Waals surface area contributed by atoms with Gasteiger partial charge in [0.1, 0.15) is 6.04 Å². The number of para-hydroxylation sites is 1. The van der Waals surface area contributed by atoms with E-state index in [1.165, 1.54) is 13.0 Å². The van der Waals surface area contributed by atoms with Crippen LogP contribution in [0, 0.1) is 5.92 Å². The average molecular weight is 345 g/mol. The van der Waals surface area contributed by atoms with Gasteiger partial charge in [-0.3, -0.25) is 19.4 Å². The highest BCUT2D eigenvalue weighted by molar-refractivity contribution is 6.18. The minimum Gasteiger partial charge on any atom is -0.323 e. The van der Waals surface area contributed by atoms with Crippen LogP contribution in [-0.4, -0.2) is 34.2 Å². The van der Waals surface area contributed by atoms with E-state index in [1.54, 1.807) is 12.2 Å². The van der Waals surface area contributed by atoms with E-state index in [0.717, 1.165) is 10.9 Å². The predicted molar refractivity (Wildman–Crippen MR) is 96.6 cm³/mol. The van der Waals surface area contributed by atoms with E-state index >= 15 is 0 Å². The largest absolute Gasteiger partial charge is 0.323 e. The van der Waals surface area contributed by atoms with Crippen LogP contribution >= 0.6 is 0 Å². The quantitative estimate of drug-likeness (QED) is 0.898. The number of carbonyl (C=O) groups is 3. The number of nitrogens with zero attached hydrogens (tertiary/aromatic N) is 2. The van der Waals surface area contributed by atoms with E-state index < -0.39 is 17.9 Å². The highest BCUT2D eigenvalue weighted by Gasteiger charge is 2.39. The molecule has 0 fully saturated rings. The van der Waals surface area contributed by atoms with Crippen LogP contribution in [-0.2, 0) is 14.4 Å². The minimum atomic E-state index is -0.873. The number of aliphatic imine (C=N–C) groups is 1. The zero-order chi connectivity index (χ0) is 18.3. The van der Waals surface area contributed by atoms with Gasteiger partial charge < -0.3 is 5.32 Å². The van der Waals surface area contributed by atoms with Crippen molar-refractivity contribution in [1.82, 2.24) is 10.3 Å². The maximum absolute atomic E-state index is 12.6. The van der Waals surface area contributed by atoms with Gasteiger partial charge in [0.2, 0.25) is 11.7 Å². The van der Waals surface area contributed by atoms with Gasteiger partial charge in [-0.25, -0.2) is 4.98 Å². The Morgan fingerprint density at radius 2 is 1.92 bits per heavy atom. The van der Waals surface area contributed by atoms with E-state index in [4.69, 9.17) is 0 Å². The Bertz CT molecular complexity index is 1050. The molecular formula is C20H15N3O3. The molecule has 6 nitrogen and oxygen atoms in total. The van der Waals surface area contributed by atoms with Crippen LogP contribution < -0.4 is 5.32 Å². The van der Waals surface area contributed by atoms with E-state index in [0.29, 0.717) is 11.4 Å². The van der Waals surface area contributed by atoms with Gasteiger partial charge in [0.25, 0.3) is 0 Å². The Hall–Kier alpha value is -3.41. The Balaban J connectivity index is 1.72. The van der Waals surface area contributed by atoms with Crippen molar-refractivity contribution in [3.63, 3.8) is 0 Å². The summed E-state index contributed by atoms with van der Waals surface area (Å²) in [6.07, 6.45) is 4.59. The van der Waals surface area contributed by atoms with Crippen molar-refractivity contribution >= 4 is 34.1 Å². The molecule has 0 saturated heterocycles. The van der Waals surface area contributed by atoms with E-state index in [2.05, 4.69) is 15.3 Å². The molecule has 1 amide bonds. The lowest BCUT2D eigenvalue weighted by atomic mass is 9.83. The number of carbonyl (C=O) groups excluding carboxylic acids is 3. The molecule has 0 radical (unpaired) electrons. The molecule has 1 N–H and O–H groups in total. The normalized spacial score (nSPS) is 21.9. The topological polar surface area (TPSA) is 88.5 Å². The fourth-order valence-corrected chi connectivity index (χ4v) is 3.16. The first-order valence-corrected chi connectivity index (χ1v) is 8.22. The van der Waals surface area contributed by atoms with Crippen molar-refractivity contribution in [2.75, 3.05) is 0 Å². The number of ketones is 2. The van der Waals surface area contributed by atoms with Gasteiger partial charge in [0, 0.05) is 18.4 Å². The number of hydrogen-bond acceptors (Lipinski definition) is 5. The first-order valence-electron chi connectivity index (χ1n) is 8.22. The third kappa shape index (κ3) is 2.75. The monoisotopic (exact) mass is 345 g/mol. The standard InChI is InChI=1S/C20H15N3O3/c1-11(24)21-17-10-18(25)13-7-9-16(23-19(13)20(17)26)15-8-6-12-4-2-3-5-14(12)22-15/h2-10,13,19H,1H3,(H,21,24). The lowest BCUT2D eigenvalue weighted by Crippen LogP contribution is -2.43. The number of fused-ring (bicyclic) bond motifs is 2. The summed E-state index contributed by atoms with van der Waals surface area (Å²) < 4.78 is 0. The molecule has 2 aromatic rings. The average Bonchev–Trinajstić information content (AvgIpc) is 2.64. The van der Waals surface area contributed by atoms with E-state index in [9.17, 15) is 14.4 Å². The second kappa shape index (κ2) is 6.15. The van der Waals surface area contributed by atoms with Gasteiger partial charge in [-0.1, -0.05) is 30.3 Å². The third-order valence-electron chi connectivity index (χ3n) is 4.40. The molecule has 2 heterocycles. The number of hydrogen-bond donors (Lipinski definition) is 1. The van der Waals surface area contributed by atoms with Crippen molar-refractivity contribution in [3.05, 3.63) is 66.0 Å². The van der Waals surface area contributed by atoms with Crippen molar-refractivity contribution in [2.24, 2.45) is 10.9 Å². The summed E-state index contributed by atoms with van der Waals surface area (Å²) in [6.45, 7) is 1.29. The number of aromatic nitrogens is 1. The molecule has 128 valence electrons. The number of nitrogens with one attached hydrogen (secondary N) is 1. The molecule has 1 aromatic carbocycles. The fourth-order valence-electron chi connectivity index (χ4n) is 3.16. The second-order valence-corrected chi connectivity index (χ2v) is 6.24. The van der Waals surface area contributed by atoms with E-state index in [-0.39, 0.29) is 17.3 Å². The maximum Gasteiger partial charge on any atom is 0.221 e. The number of amides is 1. The Labute approximate surface area is 149 Å². The predicted octanol–water partition coefficient (Wildman–Crippen LogP) is 1.75. The number of rotatable bonds is 2. The lowest BCUT2D eigenvalue weighted by molar-refractivity contribution is -0.126. The highest BCUT2D eigenvalue weighted by atomic mass is 16.2. The van der Waals surface area contributed by atoms with Crippen molar-refractivity contribution in [3.8, 4) is 0 Å². The van der Waals surface area contributed by atoms with Gasteiger partial charge >= 0.3 is 0 Å². The number of Topliss-reactive ketones (excluding diaryl/α,β-unsaturated/α-hetero) is 1. The minimum absolute atomic E-state index is 0.00591. The first-order chi connectivity index (χ1) is 12.5. The van der Waals surface area contributed by atoms with Crippen molar-refractivity contribution in [1.29, 1.82) is 0 Å². The third-order valence-corrected chi connectivity index (χ3v) is 4.40. The molecule has 6 heteroatoms. The molecule has 1 aliphatic carbocycles. The number of dihydropyridines is 1. The van der Waals surface area contributed by atoms with Gasteiger partial charge in [0.15, 0.2) is 5.78 Å². The molecule has 1 aliphatic heterocycles. The molecule has 1 aromatic heterocycles. The molecule has 26 heavy (non-hydrogen) atoms. The molecule has 0 saturated carbocycles. The summed E-state index contributed by atoms with van der Waals surface area (Å²) in [4.78, 5) is 45.2. The molecular weight excluding hydrogens is 330 g/mol. The maximum atomic E-state index is 12.6. The lowest BCUT2D eigenvalue weighted by Gasteiger charge is -2.27. The first kappa shape index (κ1) is 16.1. The molecule has 0 bridgehead atoms. The molecule has 4 rings (SSSR count). The van der Waals surface area contributed by atoms with Crippen molar-refractivity contribution in [2.45, 2.75) is 13.0 Å². The SMILES string of the molecule is CC(=O)NC1=CC(=O)C2C=CC(c3ccc4ccccc4n3)=NC2C1=O. The Kier molecular flexibility index (Phi) is 3.80. The zero-order valence-electron chi connectivity index (χ0n) is 14.0. The number of benzene rings is 1. The molecule has 2 aliphatic rings. The number of allylic oxidation sites excluding steroid dienone is 2. The highest BCUT2D eigenvalue weighted by Crippen LogP contribution is 2.26. The van der Waals surface area contributed by atoms with Gasteiger partial charge in [-0.15, -0.1) is 0 Å². The smallest absolute Gasteiger partial charge is 0.221 e. The van der Waals surface area contributed by atoms with Crippen molar-refractivity contribution < 1.29 is 14.4 Å². The fraction of sp³-hybridized carbons (Fsp3) is 0.150. The summed E-state index contributed by atoms with van der Waals surface area (Å²) in [5, 5.41) is 3.43. The summed E-state index contributed by atoms with van der Waals surface area (Å²) in [5.74, 6) is -1.65.